The fraction of sp³-hybridized carbons (Fsp3) is 0.353. The van der Waals surface area contributed by atoms with E-state index in [1.165, 1.54) is 17.8 Å². The normalized spacial score (nSPS) is 18.1. The number of para-hydroxylation sites is 1. The molecule has 1 amide bonds. The number of carbonyl (C=O) groups is 1. The van der Waals surface area contributed by atoms with Crippen LogP contribution in [0.15, 0.2) is 29.3 Å². The summed E-state index contributed by atoms with van der Waals surface area (Å²) in [5.41, 5.74) is 0.476. The maximum Gasteiger partial charge on any atom is 0.279 e. The standard InChI is InChI=1S/C17H16N2O2S2/c20-15-13(11-8-4-5-9-12(11)18-15)14-16(21)19(17(22)23-14)10-6-2-1-3-7-10/h4-5,8-10,21H,1-3,6-7H2. The zero-order chi connectivity index (χ0) is 16.0. The second-order valence-electron chi connectivity index (χ2n) is 5.99. The Labute approximate surface area is 142 Å². The summed E-state index contributed by atoms with van der Waals surface area (Å²) in [6.45, 7) is 0. The van der Waals surface area contributed by atoms with Crippen molar-refractivity contribution in [1.29, 1.82) is 0 Å². The smallest absolute Gasteiger partial charge is 0.279 e. The molecule has 6 heteroatoms. The molecule has 1 aliphatic heterocycles. The van der Waals surface area contributed by atoms with E-state index in [0.29, 0.717) is 19.8 Å². The number of hydrogen-bond donors (Lipinski definition) is 1. The lowest BCUT2D eigenvalue weighted by Crippen LogP contribution is -2.22. The van der Waals surface area contributed by atoms with Crippen molar-refractivity contribution in [3.8, 4) is 5.88 Å². The molecule has 1 N–H and O–H groups in total. The minimum absolute atomic E-state index is 0.127. The lowest BCUT2D eigenvalue weighted by molar-refractivity contribution is -0.112. The predicted molar refractivity (Wildman–Crippen MR) is 91.7 cm³/mol. The first kappa shape index (κ1) is 14.8. The number of aromatic nitrogens is 1. The maximum atomic E-state index is 12.3. The van der Waals surface area contributed by atoms with Crippen LogP contribution in [-0.2, 0) is 4.79 Å². The van der Waals surface area contributed by atoms with E-state index in [1.54, 1.807) is 0 Å². The topological polar surface area (TPSA) is 54.6 Å². The average molecular weight is 344 g/mol. The van der Waals surface area contributed by atoms with E-state index in [2.05, 4.69) is 4.99 Å². The molecular weight excluding hydrogens is 328 g/mol. The van der Waals surface area contributed by atoms with Gasteiger partial charge in [0.05, 0.1) is 10.9 Å². The summed E-state index contributed by atoms with van der Waals surface area (Å²) in [5.74, 6) is -0.171. The number of hydrogen-bond acceptors (Lipinski definition) is 4. The van der Waals surface area contributed by atoms with Crippen molar-refractivity contribution >= 4 is 35.0 Å². The Morgan fingerprint density at radius 2 is 1.96 bits per heavy atom. The second kappa shape index (κ2) is 5.69. The van der Waals surface area contributed by atoms with E-state index >= 15 is 0 Å². The van der Waals surface area contributed by atoms with Gasteiger partial charge in [0.25, 0.3) is 5.91 Å². The van der Waals surface area contributed by atoms with Crippen molar-refractivity contribution in [2.75, 3.05) is 0 Å². The number of carbonyl (C=O) groups excluding carboxylic acids is 1. The summed E-state index contributed by atoms with van der Waals surface area (Å²) in [6, 6.07) is 7.65. The van der Waals surface area contributed by atoms with Gasteiger partial charge < -0.3 is 5.11 Å². The summed E-state index contributed by atoms with van der Waals surface area (Å²) in [4.78, 5) is 17.0. The lowest BCUT2D eigenvalue weighted by Gasteiger charge is -2.23. The van der Waals surface area contributed by atoms with Gasteiger partial charge in [-0.3, -0.25) is 9.36 Å². The van der Waals surface area contributed by atoms with E-state index in [9.17, 15) is 9.90 Å². The molecule has 4 rings (SSSR count). The Balaban J connectivity index is 1.91. The first-order valence-corrected chi connectivity index (χ1v) is 9.06. The minimum atomic E-state index is -0.298. The number of rotatable bonds is 2. The van der Waals surface area contributed by atoms with Crippen LogP contribution < -0.4 is 10.6 Å². The number of nitrogens with zero attached hydrogens (tertiary/aromatic N) is 2. The van der Waals surface area contributed by atoms with Gasteiger partial charge in [-0.15, -0.1) is 11.3 Å². The number of thiazole rings is 1. The van der Waals surface area contributed by atoms with Crippen LogP contribution in [0, 0.1) is 3.95 Å². The summed E-state index contributed by atoms with van der Waals surface area (Å²) in [5, 5.41) is 12.2. The quantitative estimate of drug-likeness (QED) is 0.853. The molecular formula is C17H16N2O2S2. The van der Waals surface area contributed by atoms with Crippen LogP contribution in [-0.4, -0.2) is 15.6 Å². The Bertz CT molecular complexity index is 965. The molecule has 4 nitrogen and oxygen atoms in total. The molecule has 0 saturated heterocycles. The van der Waals surface area contributed by atoms with Gasteiger partial charge in [-0.25, -0.2) is 4.99 Å². The third kappa shape index (κ3) is 2.37. The van der Waals surface area contributed by atoms with E-state index in [-0.39, 0.29) is 17.8 Å². The van der Waals surface area contributed by atoms with Crippen LogP contribution in [0.5, 0.6) is 5.88 Å². The molecule has 0 spiro atoms. The maximum absolute atomic E-state index is 12.3. The van der Waals surface area contributed by atoms with Crippen LogP contribution in [0.25, 0.3) is 5.57 Å². The predicted octanol–water partition coefficient (Wildman–Crippen LogP) is 2.85. The third-order valence-electron chi connectivity index (χ3n) is 4.59. The summed E-state index contributed by atoms with van der Waals surface area (Å²) in [6.07, 6.45) is 5.61. The number of amides is 1. The van der Waals surface area contributed by atoms with E-state index in [4.69, 9.17) is 12.2 Å². The van der Waals surface area contributed by atoms with Crippen molar-refractivity contribution in [1.82, 2.24) is 4.57 Å². The van der Waals surface area contributed by atoms with Crippen LogP contribution in [0.4, 0.5) is 0 Å². The number of benzene rings is 1. The molecule has 2 heterocycles. The lowest BCUT2D eigenvalue weighted by atomic mass is 9.95. The molecule has 23 heavy (non-hydrogen) atoms. The van der Waals surface area contributed by atoms with Gasteiger partial charge in [-0.2, -0.15) is 0 Å². The van der Waals surface area contributed by atoms with Crippen LogP contribution in [0.1, 0.15) is 43.0 Å². The third-order valence-corrected chi connectivity index (χ3v) is 6.00. The average Bonchev–Trinajstić information content (AvgIpc) is 3.03. The Morgan fingerprint density at radius 3 is 2.74 bits per heavy atom. The largest absolute Gasteiger partial charge is 0.493 e. The highest BCUT2D eigenvalue weighted by atomic mass is 32.1. The Kier molecular flexibility index (Phi) is 3.66. The molecule has 1 aromatic heterocycles. The molecule has 0 bridgehead atoms. The fourth-order valence-electron chi connectivity index (χ4n) is 3.48. The highest BCUT2D eigenvalue weighted by molar-refractivity contribution is 7.73. The summed E-state index contributed by atoms with van der Waals surface area (Å²) >= 11 is 6.79. The second-order valence-corrected chi connectivity index (χ2v) is 7.64. The van der Waals surface area contributed by atoms with Crippen molar-refractivity contribution < 1.29 is 9.90 Å². The monoisotopic (exact) mass is 344 g/mol. The minimum Gasteiger partial charge on any atom is -0.493 e. The SMILES string of the molecule is O=C1N=c2ccccc2=C1c1sc(=S)n(C2CCCCC2)c1O. The highest BCUT2D eigenvalue weighted by Crippen LogP contribution is 2.39. The van der Waals surface area contributed by atoms with E-state index in [1.807, 2.05) is 28.8 Å². The summed E-state index contributed by atoms with van der Waals surface area (Å²) < 4.78 is 2.48. The van der Waals surface area contributed by atoms with E-state index < -0.39 is 0 Å². The van der Waals surface area contributed by atoms with Crippen LogP contribution >= 0.6 is 23.6 Å². The van der Waals surface area contributed by atoms with Gasteiger partial charge in [-0.05, 0) is 31.1 Å². The van der Waals surface area contributed by atoms with Gasteiger partial charge in [0.1, 0.15) is 4.88 Å². The van der Waals surface area contributed by atoms with Gasteiger partial charge in [0.15, 0.2) is 3.95 Å². The Morgan fingerprint density at radius 1 is 1.22 bits per heavy atom. The van der Waals surface area contributed by atoms with Crippen molar-refractivity contribution in [2.45, 2.75) is 38.1 Å². The zero-order valence-electron chi connectivity index (χ0n) is 12.5. The van der Waals surface area contributed by atoms with Gasteiger partial charge in [0, 0.05) is 11.3 Å². The molecule has 118 valence electrons. The number of aromatic hydroxyl groups is 1. The first-order valence-electron chi connectivity index (χ1n) is 7.84. The molecule has 2 aliphatic rings. The molecule has 1 aliphatic carbocycles. The molecule has 1 saturated carbocycles. The number of fused-ring (bicyclic) bond motifs is 1. The van der Waals surface area contributed by atoms with Gasteiger partial charge in [-0.1, -0.05) is 37.5 Å². The van der Waals surface area contributed by atoms with Crippen molar-refractivity contribution in [3.05, 3.63) is 43.7 Å². The Hall–Kier alpha value is -1.79. The zero-order valence-corrected chi connectivity index (χ0v) is 14.1. The molecule has 0 unspecified atom stereocenters. The summed E-state index contributed by atoms with van der Waals surface area (Å²) in [7, 11) is 0. The van der Waals surface area contributed by atoms with Crippen LogP contribution in [0.2, 0.25) is 0 Å². The fourth-order valence-corrected chi connectivity index (χ4v) is 4.97. The van der Waals surface area contributed by atoms with Gasteiger partial charge >= 0.3 is 0 Å². The first-order chi connectivity index (χ1) is 11.2. The molecule has 1 fully saturated rings. The molecule has 0 radical (unpaired) electrons. The van der Waals surface area contributed by atoms with Crippen molar-refractivity contribution in [3.63, 3.8) is 0 Å². The molecule has 0 atom stereocenters. The highest BCUT2D eigenvalue weighted by Gasteiger charge is 2.27. The van der Waals surface area contributed by atoms with E-state index in [0.717, 1.165) is 30.9 Å². The van der Waals surface area contributed by atoms with Gasteiger partial charge in [0.2, 0.25) is 5.88 Å². The van der Waals surface area contributed by atoms with Crippen molar-refractivity contribution in [2.24, 2.45) is 4.99 Å². The van der Waals surface area contributed by atoms with Crippen LogP contribution in [0.3, 0.4) is 0 Å². The molecule has 2 aromatic rings. The molecule has 1 aromatic carbocycles.